The summed E-state index contributed by atoms with van der Waals surface area (Å²) in [6.45, 7) is 5.08. The molecule has 4 rings (SSSR count). The third kappa shape index (κ3) is 2.45. The molecule has 2 aromatic heterocycles. The number of halogens is 1. The second-order valence-corrected chi connectivity index (χ2v) is 6.86. The fourth-order valence-electron chi connectivity index (χ4n) is 3.57. The highest BCUT2D eigenvalue weighted by molar-refractivity contribution is 6.33. The molecule has 2 fully saturated rings. The molecule has 1 saturated carbocycles. The predicted molar refractivity (Wildman–Crippen MR) is 83.4 cm³/mol. The lowest BCUT2D eigenvalue weighted by Gasteiger charge is -2.24. The van der Waals surface area contributed by atoms with Gasteiger partial charge in [0, 0.05) is 13.3 Å². The minimum Gasteiger partial charge on any atom is -0.460 e. The van der Waals surface area contributed by atoms with Crippen LogP contribution in [0.25, 0.3) is 11.2 Å². The summed E-state index contributed by atoms with van der Waals surface area (Å²) in [5, 5.41) is 0.300. The maximum Gasteiger partial charge on any atom is 0.302 e. The Morgan fingerprint density at radius 1 is 1.33 bits per heavy atom. The fraction of sp³-hybridized carbons (Fsp3) is 0.600. The van der Waals surface area contributed by atoms with Gasteiger partial charge < -0.3 is 18.8 Å². The standard InChI is InChI=1S/C15H17ClN4O4/c1-7(21)22-9-4-8(11-12(9)24-15(2,3)23-11)20-6-19-10-13(16)17-5-18-14(10)20/h5-6,8-9,11-12H,4H2,1-3H3/t8-,9+,11+,12-/m1/s1. The summed E-state index contributed by atoms with van der Waals surface area (Å²) in [5.74, 6) is -1.08. The first-order chi connectivity index (χ1) is 11.4. The van der Waals surface area contributed by atoms with E-state index in [2.05, 4.69) is 15.0 Å². The van der Waals surface area contributed by atoms with Crippen molar-refractivity contribution in [2.45, 2.75) is 57.3 Å². The van der Waals surface area contributed by atoms with E-state index < -0.39 is 5.79 Å². The summed E-state index contributed by atoms with van der Waals surface area (Å²) >= 11 is 6.08. The van der Waals surface area contributed by atoms with Crippen molar-refractivity contribution in [2.75, 3.05) is 0 Å². The van der Waals surface area contributed by atoms with Gasteiger partial charge in [0.15, 0.2) is 16.6 Å². The second-order valence-electron chi connectivity index (χ2n) is 6.50. The topological polar surface area (TPSA) is 88.4 Å². The van der Waals surface area contributed by atoms with Gasteiger partial charge in [-0.15, -0.1) is 0 Å². The molecule has 2 aromatic rings. The van der Waals surface area contributed by atoms with Crippen LogP contribution in [-0.4, -0.2) is 49.6 Å². The van der Waals surface area contributed by atoms with Gasteiger partial charge in [-0.2, -0.15) is 0 Å². The van der Waals surface area contributed by atoms with Gasteiger partial charge in [0.2, 0.25) is 0 Å². The molecule has 0 aromatic carbocycles. The monoisotopic (exact) mass is 352 g/mol. The molecule has 0 spiro atoms. The van der Waals surface area contributed by atoms with Gasteiger partial charge in [-0.25, -0.2) is 15.0 Å². The van der Waals surface area contributed by atoms with Gasteiger partial charge in [0.1, 0.15) is 30.2 Å². The SMILES string of the molecule is CC(=O)O[C@H]1C[C@@H](n2cnc3c(Cl)ncnc32)[C@@H]2OC(C)(C)O[C@@H]21. The van der Waals surface area contributed by atoms with Gasteiger partial charge in [-0.05, 0) is 13.8 Å². The predicted octanol–water partition coefficient (Wildman–Crippen LogP) is 1.88. The average Bonchev–Trinajstić information content (AvgIpc) is 3.12. The number of carbonyl (C=O) groups excluding carboxylic acids is 1. The Bertz CT molecular complexity index is 808. The number of fused-ring (bicyclic) bond motifs is 2. The normalized spacial score (nSPS) is 31.3. The van der Waals surface area contributed by atoms with E-state index in [0.717, 1.165) is 0 Å². The number of imidazole rings is 1. The highest BCUT2D eigenvalue weighted by Gasteiger charge is 2.56. The zero-order chi connectivity index (χ0) is 17.1. The van der Waals surface area contributed by atoms with Gasteiger partial charge in [-0.1, -0.05) is 11.6 Å². The van der Waals surface area contributed by atoms with Crippen LogP contribution in [0.4, 0.5) is 0 Å². The minimum atomic E-state index is -0.741. The van der Waals surface area contributed by atoms with Crippen molar-refractivity contribution in [1.82, 2.24) is 19.5 Å². The lowest BCUT2D eigenvalue weighted by atomic mass is 10.2. The molecule has 0 amide bonds. The first-order valence-corrected chi connectivity index (χ1v) is 8.09. The highest BCUT2D eigenvalue weighted by atomic mass is 35.5. The van der Waals surface area contributed by atoms with Crippen LogP contribution in [0.1, 0.15) is 33.2 Å². The van der Waals surface area contributed by atoms with Crippen LogP contribution in [0, 0.1) is 0 Å². The number of aromatic nitrogens is 4. The van der Waals surface area contributed by atoms with Crippen LogP contribution in [0.5, 0.6) is 0 Å². The first-order valence-electron chi connectivity index (χ1n) is 7.71. The molecule has 2 aliphatic rings. The van der Waals surface area contributed by atoms with E-state index in [1.165, 1.54) is 13.3 Å². The molecule has 8 nitrogen and oxygen atoms in total. The molecule has 9 heteroatoms. The van der Waals surface area contributed by atoms with E-state index >= 15 is 0 Å². The summed E-state index contributed by atoms with van der Waals surface area (Å²) in [5.41, 5.74) is 1.15. The summed E-state index contributed by atoms with van der Waals surface area (Å²) in [6, 6.07) is -0.128. The molecule has 24 heavy (non-hydrogen) atoms. The Labute approximate surface area is 143 Å². The maximum atomic E-state index is 11.4. The molecule has 3 heterocycles. The van der Waals surface area contributed by atoms with Crippen molar-refractivity contribution in [1.29, 1.82) is 0 Å². The quantitative estimate of drug-likeness (QED) is 0.602. The molecule has 4 atom stereocenters. The van der Waals surface area contributed by atoms with Crippen LogP contribution in [0.2, 0.25) is 5.15 Å². The van der Waals surface area contributed by atoms with E-state index in [-0.39, 0.29) is 30.3 Å². The largest absolute Gasteiger partial charge is 0.460 e. The third-order valence-corrected chi connectivity index (χ3v) is 4.65. The molecular weight excluding hydrogens is 336 g/mol. The van der Waals surface area contributed by atoms with Crippen LogP contribution in [0.3, 0.4) is 0 Å². The molecule has 1 aliphatic heterocycles. The minimum absolute atomic E-state index is 0.128. The van der Waals surface area contributed by atoms with Crippen molar-refractivity contribution < 1.29 is 19.0 Å². The Morgan fingerprint density at radius 2 is 2.08 bits per heavy atom. The van der Waals surface area contributed by atoms with Crippen molar-refractivity contribution in [3.63, 3.8) is 0 Å². The molecule has 1 saturated heterocycles. The van der Waals surface area contributed by atoms with E-state index in [1.807, 2.05) is 18.4 Å². The van der Waals surface area contributed by atoms with Gasteiger partial charge in [0.05, 0.1) is 12.4 Å². The Kier molecular flexibility index (Phi) is 3.52. The Balaban J connectivity index is 1.74. The zero-order valence-electron chi connectivity index (χ0n) is 13.5. The van der Waals surface area contributed by atoms with E-state index in [1.54, 1.807) is 6.33 Å². The fourth-order valence-corrected chi connectivity index (χ4v) is 3.75. The molecule has 0 bridgehead atoms. The number of hydrogen-bond acceptors (Lipinski definition) is 7. The smallest absolute Gasteiger partial charge is 0.302 e. The van der Waals surface area contributed by atoms with E-state index in [9.17, 15) is 4.79 Å². The number of carbonyl (C=O) groups is 1. The molecule has 0 radical (unpaired) electrons. The lowest BCUT2D eigenvalue weighted by molar-refractivity contribution is -0.176. The summed E-state index contributed by atoms with van der Waals surface area (Å²) < 4.78 is 19.4. The highest BCUT2D eigenvalue weighted by Crippen LogP contribution is 2.45. The third-order valence-electron chi connectivity index (χ3n) is 4.37. The van der Waals surface area contributed by atoms with Crippen LogP contribution in [0.15, 0.2) is 12.7 Å². The maximum absolute atomic E-state index is 11.4. The molecule has 0 unspecified atom stereocenters. The Morgan fingerprint density at radius 3 is 2.83 bits per heavy atom. The van der Waals surface area contributed by atoms with Gasteiger partial charge >= 0.3 is 5.97 Å². The molecule has 128 valence electrons. The number of esters is 1. The van der Waals surface area contributed by atoms with Crippen LogP contribution in [-0.2, 0) is 19.0 Å². The summed E-state index contributed by atoms with van der Waals surface area (Å²) in [7, 11) is 0. The molecular formula is C15H17ClN4O4. The van der Waals surface area contributed by atoms with Crippen molar-refractivity contribution in [3.8, 4) is 0 Å². The lowest BCUT2D eigenvalue weighted by Crippen LogP contribution is -2.32. The molecule has 0 N–H and O–H groups in total. The van der Waals surface area contributed by atoms with Gasteiger partial charge in [-0.3, -0.25) is 4.79 Å². The first kappa shape index (κ1) is 15.7. The van der Waals surface area contributed by atoms with Crippen molar-refractivity contribution in [3.05, 3.63) is 17.8 Å². The average molecular weight is 353 g/mol. The number of rotatable bonds is 2. The van der Waals surface area contributed by atoms with E-state index in [4.69, 9.17) is 25.8 Å². The number of nitrogens with zero attached hydrogens (tertiary/aromatic N) is 4. The van der Waals surface area contributed by atoms with Crippen LogP contribution >= 0.6 is 11.6 Å². The molecule has 1 aliphatic carbocycles. The Hall–Kier alpha value is -1.77. The number of hydrogen-bond donors (Lipinski definition) is 0. The van der Waals surface area contributed by atoms with Gasteiger partial charge in [0.25, 0.3) is 0 Å². The zero-order valence-corrected chi connectivity index (χ0v) is 14.2. The van der Waals surface area contributed by atoms with Crippen molar-refractivity contribution in [2.24, 2.45) is 0 Å². The summed E-state index contributed by atoms with van der Waals surface area (Å²) in [4.78, 5) is 24.0. The summed E-state index contributed by atoms with van der Waals surface area (Å²) in [6.07, 6.45) is 2.64. The van der Waals surface area contributed by atoms with E-state index in [0.29, 0.717) is 22.7 Å². The second kappa shape index (κ2) is 5.37. The number of ether oxygens (including phenoxy) is 3. The van der Waals surface area contributed by atoms with Crippen molar-refractivity contribution >= 4 is 28.7 Å². The van der Waals surface area contributed by atoms with Crippen LogP contribution < -0.4 is 0 Å².